The molecule has 2 aliphatic heterocycles. The summed E-state index contributed by atoms with van der Waals surface area (Å²) < 4.78 is 7.58. The average Bonchev–Trinajstić information content (AvgIpc) is 3.44. The van der Waals surface area contributed by atoms with E-state index in [9.17, 15) is 0 Å². The van der Waals surface area contributed by atoms with E-state index in [1.165, 1.54) is 28.7 Å². The van der Waals surface area contributed by atoms with E-state index in [1.54, 1.807) is 0 Å². The molecule has 1 nitrogen and oxygen atoms in total. The van der Waals surface area contributed by atoms with E-state index in [2.05, 4.69) is 109 Å². The Morgan fingerprint density at radius 1 is 0.533 bits per heavy atom. The van der Waals surface area contributed by atoms with Crippen LogP contribution in [0.5, 0.6) is 0 Å². The molecule has 144 valence electrons. The third-order valence-corrected chi connectivity index (χ3v) is 9.03. The second-order valence-electron chi connectivity index (χ2n) is 9.68. The molecule has 0 aromatic heterocycles. The van der Waals surface area contributed by atoms with Crippen LogP contribution in [0.25, 0.3) is 0 Å². The summed E-state index contributed by atoms with van der Waals surface area (Å²) in [5.41, 5.74) is 4.73. The van der Waals surface area contributed by atoms with Crippen LogP contribution in [0.3, 0.4) is 0 Å². The van der Waals surface area contributed by atoms with Gasteiger partial charge in [0.1, 0.15) is 11.2 Å². The Morgan fingerprint density at radius 2 is 0.933 bits per heavy atom. The molecule has 4 unspecified atom stereocenters. The zero-order chi connectivity index (χ0) is 19.6. The van der Waals surface area contributed by atoms with Gasteiger partial charge in [0, 0.05) is 22.7 Å². The lowest BCUT2D eigenvalue weighted by atomic mass is 9.50. The van der Waals surface area contributed by atoms with Crippen LogP contribution in [0.4, 0.5) is 0 Å². The minimum atomic E-state index is -0.404. The summed E-state index contributed by atoms with van der Waals surface area (Å²) in [6.07, 6.45) is 11.1. The van der Waals surface area contributed by atoms with E-state index < -0.39 is 11.2 Å². The van der Waals surface area contributed by atoms with Gasteiger partial charge >= 0.3 is 0 Å². The highest BCUT2D eigenvalue weighted by Gasteiger charge is 2.96. The summed E-state index contributed by atoms with van der Waals surface area (Å²) in [7, 11) is 0. The maximum Gasteiger partial charge on any atom is 0.127 e. The van der Waals surface area contributed by atoms with Crippen LogP contribution >= 0.6 is 0 Å². The predicted molar refractivity (Wildman–Crippen MR) is 117 cm³/mol. The van der Waals surface area contributed by atoms with Crippen LogP contribution < -0.4 is 0 Å². The van der Waals surface area contributed by atoms with Crippen molar-refractivity contribution >= 4 is 0 Å². The van der Waals surface area contributed by atoms with E-state index in [0.717, 1.165) is 0 Å². The smallest absolute Gasteiger partial charge is 0.127 e. The summed E-state index contributed by atoms with van der Waals surface area (Å²) in [4.78, 5) is 0. The minimum absolute atomic E-state index is 0.0831. The van der Waals surface area contributed by atoms with Gasteiger partial charge in [0.15, 0.2) is 0 Å². The number of allylic oxidation sites excluding steroid dienone is 4. The molecule has 4 aliphatic carbocycles. The summed E-state index contributed by atoms with van der Waals surface area (Å²) in [6, 6.07) is 31.1. The van der Waals surface area contributed by atoms with Crippen molar-refractivity contribution in [1.82, 2.24) is 0 Å². The first-order valence-corrected chi connectivity index (χ1v) is 11.1. The number of benzene rings is 3. The topological polar surface area (TPSA) is 9.23 Å². The van der Waals surface area contributed by atoms with Crippen molar-refractivity contribution in [2.24, 2.45) is 22.7 Å². The largest absolute Gasteiger partial charge is 0.348 e. The zero-order valence-corrected chi connectivity index (χ0v) is 16.7. The Morgan fingerprint density at radius 3 is 1.37 bits per heavy atom. The van der Waals surface area contributed by atoms with Crippen molar-refractivity contribution in [3.8, 4) is 0 Å². The molecule has 1 saturated heterocycles. The first-order chi connectivity index (χ1) is 14.8. The van der Waals surface area contributed by atoms with Crippen molar-refractivity contribution in [3.05, 3.63) is 131 Å². The van der Waals surface area contributed by atoms with Gasteiger partial charge in [-0.15, -0.1) is 0 Å². The predicted octanol–water partition coefficient (Wildman–Crippen LogP) is 5.97. The van der Waals surface area contributed by atoms with E-state index in [1.807, 2.05) is 0 Å². The van der Waals surface area contributed by atoms with Crippen molar-refractivity contribution in [2.75, 3.05) is 0 Å². The normalized spacial score (nSPS) is 42.7. The van der Waals surface area contributed by atoms with Gasteiger partial charge in [-0.1, -0.05) is 109 Å². The highest BCUT2D eigenvalue weighted by molar-refractivity contribution is 5.68. The molecule has 9 rings (SSSR count). The van der Waals surface area contributed by atoms with Gasteiger partial charge in [0.25, 0.3) is 0 Å². The first-order valence-electron chi connectivity index (χ1n) is 11.1. The molecule has 0 spiro atoms. The van der Waals surface area contributed by atoms with Gasteiger partial charge in [0.05, 0.1) is 0 Å². The number of ether oxygens (including phenoxy) is 1. The molecular formula is C29H22O. The van der Waals surface area contributed by atoms with Crippen LogP contribution in [0.2, 0.25) is 0 Å². The van der Waals surface area contributed by atoms with Crippen molar-refractivity contribution in [2.45, 2.75) is 17.6 Å². The summed E-state index contributed by atoms with van der Waals surface area (Å²) in [6.45, 7) is 0. The Balaban J connectivity index is 1.57. The third-order valence-electron chi connectivity index (χ3n) is 9.03. The van der Waals surface area contributed by atoms with Crippen LogP contribution in [-0.2, 0) is 15.9 Å². The molecule has 30 heavy (non-hydrogen) atoms. The molecule has 0 amide bonds. The summed E-state index contributed by atoms with van der Waals surface area (Å²) in [5, 5.41) is 0. The number of rotatable bonds is 2. The van der Waals surface area contributed by atoms with Gasteiger partial charge in [0.2, 0.25) is 0 Å². The number of hydrogen-bond acceptors (Lipinski definition) is 1. The summed E-state index contributed by atoms with van der Waals surface area (Å²) >= 11 is 0. The van der Waals surface area contributed by atoms with E-state index >= 15 is 0 Å². The van der Waals surface area contributed by atoms with Gasteiger partial charge in [-0.05, 0) is 28.7 Å². The van der Waals surface area contributed by atoms with Crippen LogP contribution in [0.15, 0.2) is 109 Å². The molecule has 2 fully saturated rings. The molecule has 3 aromatic rings. The van der Waals surface area contributed by atoms with Gasteiger partial charge in [-0.3, -0.25) is 0 Å². The molecule has 6 aliphatic rings. The molecule has 2 heterocycles. The van der Waals surface area contributed by atoms with E-state index in [-0.39, 0.29) is 10.8 Å². The third kappa shape index (κ3) is 1.27. The zero-order valence-electron chi connectivity index (χ0n) is 16.7. The van der Waals surface area contributed by atoms with Crippen molar-refractivity contribution < 1.29 is 4.74 Å². The Labute approximate surface area is 176 Å². The molecule has 1 saturated carbocycles. The molecular weight excluding hydrogens is 364 g/mol. The molecule has 4 bridgehead atoms. The van der Waals surface area contributed by atoms with Crippen LogP contribution in [0, 0.1) is 22.7 Å². The number of hydrogen-bond donors (Lipinski definition) is 0. The standard InChI is InChI=1S/C29H22O/c1-3-9-22(10-4-1)28-24-13-7-8-14-25(24)29(30-28,23-11-5-2-6-12-23)27-19-26(27,28)20-15-17-21(27)18-16-20/h1-18,20-21H,19H2. The lowest BCUT2D eigenvalue weighted by Crippen LogP contribution is -2.49. The molecule has 0 radical (unpaired) electrons. The molecule has 4 atom stereocenters. The van der Waals surface area contributed by atoms with Gasteiger partial charge in [-0.25, -0.2) is 0 Å². The summed E-state index contributed by atoms with van der Waals surface area (Å²) in [5.74, 6) is 0.836. The SMILES string of the molecule is C1=CC2C=CC1C13CC21C1(c2ccccc2)OC3(c2ccccc2)c2ccccc21. The minimum Gasteiger partial charge on any atom is -0.348 e. The maximum atomic E-state index is 7.58. The van der Waals surface area contributed by atoms with Crippen molar-refractivity contribution in [3.63, 3.8) is 0 Å². The van der Waals surface area contributed by atoms with E-state index in [4.69, 9.17) is 4.74 Å². The average molecular weight is 386 g/mol. The highest BCUT2D eigenvalue weighted by atomic mass is 16.5. The van der Waals surface area contributed by atoms with Gasteiger partial charge < -0.3 is 4.74 Å². The van der Waals surface area contributed by atoms with Crippen LogP contribution in [0.1, 0.15) is 28.7 Å². The fraction of sp³-hybridized carbons (Fsp3) is 0.241. The molecule has 3 aromatic carbocycles. The second kappa shape index (κ2) is 4.71. The Bertz CT molecular complexity index is 1160. The molecule has 1 heteroatoms. The fourth-order valence-electron chi connectivity index (χ4n) is 8.23. The van der Waals surface area contributed by atoms with Crippen molar-refractivity contribution in [1.29, 1.82) is 0 Å². The molecule has 0 N–H and O–H groups in total. The lowest BCUT2D eigenvalue weighted by molar-refractivity contribution is -0.0988. The van der Waals surface area contributed by atoms with E-state index in [0.29, 0.717) is 11.8 Å². The van der Waals surface area contributed by atoms with Crippen LogP contribution in [-0.4, -0.2) is 0 Å². The number of fused-ring (bicyclic) bond motifs is 5. The second-order valence-corrected chi connectivity index (χ2v) is 9.68. The lowest BCUT2D eigenvalue weighted by Gasteiger charge is -2.49. The monoisotopic (exact) mass is 386 g/mol. The quantitative estimate of drug-likeness (QED) is 0.493. The Kier molecular flexibility index (Phi) is 2.49. The highest BCUT2D eigenvalue weighted by Crippen LogP contribution is 2.96. The fourth-order valence-corrected chi connectivity index (χ4v) is 8.23. The maximum absolute atomic E-state index is 7.58. The van der Waals surface area contributed by atoms with Gasteiger partial charge in [-0.2, -0.15) is 0 Å². The Hall–Kier alpha value is -2.90. The first kappa shape index (κ1) is 15.9.